The van der Waals surface area contributed by atoms with Gasteiger partial charge in [0, 0.05) is 30.9 Å². The smallest absolute Gasteiger partial charge is 0.246 e. The summed E-state index contributed by atoms with van der Waals surface area (Å²) < 4.78 is 72.6. The Morgan fingerprint density at radius 1 is 1.04 bits per heavy atom. The molecule has 1 fully saturated rings. The van der Waals surface area contributed by atoms with E-state index in [1.165, 1.54) is 18.2 Å². The zero-order valence-electron chi connectivity index (χ0n) is 13.7. The third-order valence-corrected chi connectivity index (χ3v) is 5.95. The molecule has 26 heavy (non-hydrogen) atoms. The molecule has 0 radical (unpaired) electrons. The van der Waals surface area contributed by atoms with Crippen molar-refractivity contribution in [3.8, 4) is 0 Å². The van der Waals surface area contributed by atoms with Crippen LogP contribution in [-0.4, -0.2) is 39.0 Å². The van der Waals surface area contributed by atoms with E-state index in [-0.39, 0.29) is 44.1 Å². The zero-order valence-corrected chi connectivity index (χ0v) is 14.5. The largest absolute Gasteiger partial charge is 0.381 e. The maximum absolute atomic E-state index is 14.1. The quantitative estimate of drug-likeness (QED) is 0.859. The van der Waals surface area contributed by atoms with Crippen LogP contribution in [0.1, 0.15) is 5.56 Å². The second kappa shape index (κ2) is 7.65. The lowest BCUT2D eigenvalue weighted by molar-refractivity contribution is 0.0729. The van der Waals surface area contributed by atoms with Crippen LogP contribution in [0, 0.1) is 17.5 Å². The highest BCUT2D eigenvalue weighted by molar-refractivity contribution is 7.89. The number of hydrogen-bond acceptors (Lipinski definition) is 4. The summed E-state index contributed by atoms with van der Waals surface area (Å²) in [5, 5.41) is 2.79. The molecule has 1 aliphatic heterocycles. The van der Waals surface area contributed by atoms with Crippen LogP contribution in [0.25, 0.3) is 0 Å². The second-order valence-corrected chi connectivity index (χ2v) is 7.63. The Labute approximate surface area is 149 Å². The molecule has 2 aromatic rings. The molecular formula is C17H17F3N2O3S. The normalized spacial score (nSPS) is 15.8. The van der Waals surface area contributed by atoms with Crippen LogP contribution in [0.15, 0.2) is 41.3 Å². The van der Waals surface area contributed by atoms with Crippen LogP contribution < -0.4 is 5.32 Å². The van der Waals surface area contributed by atoms with Gasteiger partial charge in [0.2, 0.25) is 10.0 Å². The van der Waals surface area contributed by atoms with Gasteiger partial charge in [-0.2, -0.15) is 4.31 Å². The Morgan fingerprint density at radius 2 is 1.77 bits per heavy atom. The predicted molar refractivity (Wildman–Crippen MR) is 89.7 cm³/mol. The van der Waals surface area contributed by atoms with Gasteiger partial charge in [-0.1, -0.05) is 12.1 Å². The lowest BCUT2D eigenvalue weighted by atomic mass is 10.2. The fourth-order valence-electron chi connectivity index (χ4n) is 2.62. The number of morpholine rings is 1. The lowest BCUT2D eigenvalue weighted by Gasteiger charge is -2.26. The number of hydrogen-bond donors (Lipinski definition) is 1. The maximum atomic E-state index is 14.1. The van der Waals surface area contributed by atoms with Gasteiger partial charge in [0.1, 0.15) is 10.7 Å². The molecule has 0 amide bonds. The van der Waals surface area contributed by atoms with Crippen LogP contribution in [0.3, 0.4) is 0 Å². The third-order valence-electron chi connectivity index (χ3n) is 4.03. The van der Waals surface area contributed by atoms with Crippen molar-refractivity contribution in [3.63, 3.8) is 0 Å². The van der Waals surface area contributed by atoms with Gasteiger partial charge in [0.25, 0.3) is 0 Å². The van der Waals surface area contributed by atoms with E-state index in [0.29, 0.717) is 0 Å². The number of nitrogens with zero attached hydrogens (tertiary/aromatic N) is 1. The molecule has 1 aliphatic rings. The van der Waals surface area contributed by atoms with E-state index >= 15 is 0 Å². The van der Waals surface area contributed by atoms with Crippen LogP contribution >= 0.6 is 0 Å². The molecule has 1 N–H and O–H groups in total. The van der Waals surface area contributed by atoms with Crippen molar-refractivity contribution in [1.29, 1.82) is 0 Å². The van der Waals surface area contributed by atoms with Crippen LogP contribution in [0.4, 0.5) is 18.9 Å². The molecule has 3 rings (SSSR count). The summed E-state index contributed by atoms with van der Waals surface area (Å²) in [5.41, 5.74) is 0.355. The highest BCUT2D eigenvalue weighted by atomic mass is 32.2. The van der Waals surface area contributed by atoms with Crippen LogP contribution in [-0.2, 0) is 21.3 Å². The van der Waals surface area contributed by atoms with E-state index in [0.717, 1.165) is 22.5 Å². The number of anilines is 1. The standard InChI is InChI=1S/C17H17F3N2O3S/c18-14-5-4-13(21-11-12-2-1-3-15(19)17(12)20)10-16(14)26(23,24)22-6-8-25-9-7-22/h1-5,10,21H,6-9,11H2. The van der Waals surface area contributed by atoms with Crippen molar-refractivity contribution in [2.75, 3.05) is 31.6 Å². The molecule has 0 aliphatic carbocycles. The second-order valence-electron chi connectivity index (χ2n) is 5.73. The van der Waals surface area contributed by atoms with Crippen molar-refractivity contribution in [2.24, 2.45) is 0 Å². The first-order chi connectivity index (χ1) is 12.4. The Balaban J connectivity index is 1.82. The van der Waals surface area contributed by atoms with E-state index in [9.17, 15) is 21.6 Å². The first-order valence-electron chi connectivity index (χ1n) is 7.94. The number of rotatable bonds is 5. The number of sulfonamides is 1. The maximum Gasteiger partial charge on any atom is 0.246 e. The van der Waals surface area contributed by atoms with Gasteiger partial charge < -0.3 is 10.1 Å². The Kier molecular flexibility index (Phi) is 5.49. The van der Waals surface area contributed by atoms with E-state index in [2.05, 4.69) is 5.32 Å². The molecule has 140 valence electrons. The van der Waals surface area contributed by atoms with E-state index in [1.54, 1.807) is 0 Å². The average molecular weight is 386 g/mol. The molecule has 1 saturated heterocycles. The molecule has 9 heteroatoms. The van der Waals surface area contributed by atoms with Crippen molar-refractivity contribution in [2.45, 2.75) is 11.4 Å². The Morgan fingerprint density at radius 3 is 2.50 bits per heavy atom. The third kappa shape index (κ3) is 3.84. The summed E-state index contributed by atoms with van der Waals surface area (Å²) in [4.78, 5) is -0.468. The summed E-state index contributed by atoms with van der Waals surface area (Å²) in [6, 6.07) is 7.29. The van der Waals surface area contributed by atoms with Crippen molar-refractivity contribution in [1.82, 2.24) is 4.31 Å². The first-order valence-corrected chi connectivity index (χ1v) is 9.38. The molecule has 0 unspecified atom stereocenters. The van der Waals surface area contributed by atoms with E-state index in [4.69, 9.17) is 4.74 Å². The zero-order chi connectivity index (χ0) is 18.7. The van der Waals surface area contributed by atoms with Crippen molar-refractivity contribution >= 4 is 15.7 Å². The number of ether oxygens (including phenoxy) is 1. The van der Waals surface area contributed by atoms with Crippen LogP contribution in [0.5, 0.6) is 0 Å². The fraction of sp³-hybridized carbons (Fsp3) is 0.294. The SMILES string of the molecule is O=S(=O)(c1cc(NCc2cccc(F)c2F)ccc1F)N1CCOCC1. The topological polar surface area (TPSA) is 58.6 Å². The minimum atomic E-state index is -4.01. The average Bonchev–Trinajstić information content (AvgIpc) is 2.64. The molecule has 1 heterocycles. The Bertz CT molecular complexity index is 900. The molecule has 0 atom stereocenters. The highest BCUT2D eigenvalue weighted by Gasteiger charge is 2.29. The molecular weight excluding hydrogens is 369 g/mol. The minimum Gasteiger partial charge on any atom is -0.381 e. The van der Waals surface area contributed by atoms with Gasteiger partial charge in [-0.25, -0.2) is 21.6 Å². The van der Waals surface area contributed by atoms with Crippen LogP contribution in [0.2, 0.25) is 0 Å². The van der Waals surface area contributed by atoms with E-state index < -0.39 is 32.4 Å². The summed E-state index contributed by atoms with van der Waals surface area (Å²) in [5.74, 6) is -2.83. The van der Waals surface area contributed by atoms with Gasteiger partial charge in [-0.05, 0) is 24.3 Å². The lowest BCUT2D eigenvalue weighted by Crippen LogP contribution is -2.40. The number of halogens is 3. The number of nitrogens with one attached hydrogen (secondary N) is 1. The molecule has 0 bridgehead atoms. The monoisotopic (exact) mass is 386 g/mol. The van der Waals surface area contributed by atoms with Crippen molar-refractivity contribution in [3.05, 3.63) is 59.4 Å². The molecule has 2 aromatic carbocycles. The molecule has 0 aromatic heterocycles. The highest BCUT2D eigenvalue weighted by Crippen LogP contribution is 2.24. The van der Waals surface area contributed by atoms with Gasteiger partial charge in [-0.3, -0.25) is 0 Å². The summed E-state index contributed by atoms with van der Waals surface area (Å²) >= 11 is 0. The summed E-state index contributed by atoms with van der Waals surface area (Å²) in [6.07, 6.45) is 0. The van der Waals surface area contributed by atoms with Gasteiger partial charge >= 0.3 is 0 Å². The van der Waals surface area contributed by atoms with Gasteiger partial charge in [-0.15, -0.1) is 0 Å². The van der Waals surface area contributed by atoms with Gasteiger partial charge in [0.15, 0.2) is 11.6 Å². The van der Waals surface area contributed by atoms with E-state index in [1.807, 2.05) is 0 Å². The fourth-order valence-corrected chi connectivity index (χ4v) is 4.12. The first kappa shape index (κ1) is 18.7. The molecule has 5 nitrogen and oxygen atoms in total. The van der Waals surface area contributed by atoms with Gasteiger partial charge in [0.05, 0.1) is 13.2 Å². The minimum absolute atomic E-state index is 0.0758. The molecule has 0 spiro atoms. The number of benzene rings is 2. The van der Waals surface area contributed by atoms with Crippen molar-refractivity contribution < 1.29 is 26.3 Å². The summed E-state index contributed by atoms with van der Waals surface area (Å²) in [6.45, 7) is 0.712. The summed E-state index contributed by atoms with van der Waals surface area (Å²) in [7, 11) is -4.01. The molecule has 0 saturated carbocycles. The Hall–Kier alpha value is -2.10. The predicted octanol–water partition coefficient (Wildman–Crippen LogP) is 2.74.